The number of alkyl halides is 1. The average Bonchev–Trinajstić information content (AvgIpc) is 3.20. The Kier molecular flexibility index (Phi) is 5.35. The van der Waals surface area contributed by atoms with Gasteiger partial charge in [-0.15, -0.1) is 0 Å². The van der Waals surface area contributed by atoms with Gasteiger partial charge in [-0.1, -0.05) is 0 Å². The Labute approximate surface area is 194 Å². The number of aryl methyl sites for hydroxylation is 1. The van der Waals surface area contributed by atoms with Crippen LogP contribution >= 0.6 is 0 Å². The van der Waals surface area contributed by atoms with E-state index in [0.717, 1.165) is 14.4 Å². The Bertz CT molecular complexity index is 1560. The highest BCUT2D eigenvalue weighted by Crippen LogP contribution is 2.45. The van der Waals surface area contributed by atoms with Crippen LogP contribution in [0.2, 0.25) is 0 Å². The Morgan fingerprint density at radius 2 is 1.91 bits per heavy atom. The number of fused-ring (bicyclic) bond motifs is 1. The van der Waals surface area contributed by atoms with E-state index in [4.69, 9.17) is 0 Å². The molecule has 0 radical (unpaired) electrons. The molecule has 0 unspecified atom stereocenters. The van der Waals surface area contributed by atoms with Crippen molar-refractivity contribution in [3.05, 3.63) is 75.0 Å². The van der Waals surface area contributed by atoms with E-state index in [9.17, 15) is 22.4 Å². The zero-order valence-corrected chi connectivity index (χ0v) is 19.1. The van der Waals surface area contributed by atoms with Gasteiger partial charge in [-0.3, -0.25) is 28.0 Å². The Balaban J connectivity index is 1.72. The van der Waals surface area contributed by atoms with Crippen molar-refractivity contribution >= 4 is 27.5 Å². The maximum atomic E-state index is 13.7. The topological polar surface area (TPSA) is 128 Å². The zero-order chi connectivity index (χ0) is 24.0. The molecule has 1 aliphatic rings. The summed E-state index contributed by atoms with van der Waals surface area (Å²) in [6.07, 6.45) is 7.28. The number of rotatable bonds is 8. The second-order valence-corrected chi connectivity index (χ2v) is 9.37. The summed E-state index contributed by atoms with van der Waals surface area (Å²) in [6, 6.07) is 4.45. The summed E-state index contributed by atoms with van der Waals surface area (Å²) in [5.74, 6) is 0. The van der Waals surface area contributed by atoms with E-state index in [1.54, 1.807) is 36.5 Å². The normalized spacial score (nSPS) is 14.7. The van der Waals surface area contributed by atoms with Crippen molar-refractivity contribution in [2.24, 2.45) is 7.05 Å². The van der Waals surface area contributed by atoms with E-state index in [1.807, 2.05) is 0 Å². The molecule has 4 aromatic rings. The third kappa shape index (κ3) is 3.71. The van der Waals surface area contributed by atoms with Crippen LogP contribution in [0.5, 0.6) is 0 Å². The van der Waals surface area contributed by atoms with Crippen LogP contribution in [0.25, 0.3) is 10.9 Å². The molecule has 0 bridgehead atoms. The number of benzene rings is 1. The number of nitrogens with zero attached hydrogens (tertiary/aromatic N) is 6. The average molecular weight is 488 g/mol. The largest absolute Gasteiger partial charge is 0.332 e. The predicted molar refractivity (Wildman–Crippen MR) is 123 cm³/mol. The molecule has 13 heteroatoms. The van der Waals surface area contributed by atoms with Gasteiger partial charge in [0.1, 0.15) is 6.67 Å². The highest BCUT2D eigenvalue weighted by atomic mass is 32.2. The third-order valence-electron chi connectivity index (χ3n) is 6.14. The van der Waals surface area contributed by atoms with Crippen LogP contribution in [0.1, 0.15) is 24.0 Å². The summed E-state index contributed by atoms with van der Waals surface area (Å²) < 4.78 is 42.9. The lowest BCUT2D eigenvalue weighted by Gasteiger charge is -2.26. The maximum absolute atomic E-state index is 13.7. The highest BCUT2D eigenvalue weighted by Gasteiger charge is 2.50. The van der Waals surface area contributed by atoms with E-state index in [2.05, 4.69) is 15.3 Å². The molecule has 34 heavy (non-hydrogen) atoms. The molecule has 1 saturated carbocycles. The molecule has 0 atom stereocenters. The van der Waals surface area contributed by atoms with E-state index in [0.29, 0.717) is 23.9 Å². The number of halogens is 1. The monoisotopic (exact) mass is 487 g/mol. The van der Waals surface area contributed by atoms with Crippen LogP contribution in [0.15, 0.2) is 52.6 Å². The lowest BCUT2D eigenvalue weighted by atomic mass is 10.1. The molecule has 0 saturated heterocycles. The second kappa shape index (κ2) is 8.24. The van der Waals surface area contributed by atoms with E-state index < -0.39 is 34.4 Å². The molecule has 1 aromatic carbocycles. The number of H-pyrrole nitrogens is 1. The summed E-state index contributed by atoms with van der Waals surface area (Å²) in [7, 11) is -1.41. The van der Waals surface area contributed by atoms with Gasteiger partial charge in [-0.25, -0.2) is 17.6 Å². The molecule has 3 heterocycles. The summed E-state index contributed by atoms with van der Waals surface area (Å²) in [4.78, 5) is 26.9. The summed E-state index contributed by atoms with van der Waals surface area (Å²) >= 11 is 0. The van der Waals surface area contributed by atoms with E-state index >= 15 is 0 Å². The number of anilines is 1. The minimum atomic E-state index is -3.14. The fourth-order valence-electron chi connectivity index (χ4n) is 4.21. The van der Waals surface area contributed by atoms with Crippen molar-refractivity contribution in [3.8, 4) is 0 Å². The fourth-order valence-corrected chi connectivity index (χ4v) is 5.12. The smallest absolute Gasteiger partial charge is 0.289 e. The standard InChI is InChI=1S/C21H22FN7O4S/c1-26-10-15(9-25-26)12-28-19(30)17-6-16(29(34(32)33)21(13-22)4-5-21)2-3-18(17)27(20(28)31)11-14-7-23-24-8-14/h2-3,6-10,34H,4-5,11-13H2,1H3,(H,23,24). The van der Waals surface area contributed by atoms with Gasteiger partial charge in [0.25, 0.3) is 5.56 Å². The second-order valence-electron chi connectivity index (χ2n) is 8.50. The minimum Gasteiger partial charge on any atom is -0.289 e. The zero-order valence-electron chi connectivity index (χ0n) is 18.2. The van der Waals surface area contributed by atoms with Crippen molar-refractivity contribution in [2.45, 2.75) is 31.5 Å². The lowest BCUT2D eigenvalue weighted by molar-refractivity contribution is 0.417. The Morgan fingerprint density at radius 3 is 2.50 bits per heavy atom. The molecule has 0 aliphatic heterocycles. The molecule has 1 N–H and O–H groups in total. The molecule has 178 valence electrons. The fraction of sp³-hybridized carbons (Fsp3) is 0.333. The number of nitrogens with one attached hydrogen (secondary N) is 1. The van der Waals surface area contributed by atoms with Gasteiger partial charge in [0.2, 0.25) is 10.9 Å². The SMILES string of the molecule is Cn1cc(Cn2c(=O)c3cc(N([SH](=O)=O)C4(CF)CC4)ccc3n(Cc3cn[nH]c3)c2=O)cn1. The highest BCUT2D eigenvalue weighted by molar-refractivity contribution is 7.74. The molecule has 1 fully saturated rings. The van der Waals surface area contributed by atoms with Crippen LogP contribution in [0, 0.1) is 0 Å². The summed E-state index contributed by atoms with van der Waals surface area (Å²) in [6.45, 7) is -0.683. The first-order chi connectivity index (χ1) is 16.3. The van der Waals surface area contributed by atoms with Gasteiger partial charge in [-0.05, 0) is 31.0 Å². The Hall–Kier alpha value is -3.74. The molecule has 3 aromatic heterocycles. The van der Waals surface area contributed by atoms with Crippen molar-refractivity contribution in [1.29, 1.82) is 0 Å². The van der Waals surface area contributed by atoms with Gasteiger partial charge in [0, 0.05) is 30.6 Å². The van der Waals surface area contributed by atoms with Crippen molar-refractivity contribution in [1.82, 2.24) is 29.1 Å². The first kappa shape index (κ1) is 22.1. The maximum Gasteiger partial charge on any atom is 0.332 e. The first-order valence-electron chi connectivity index (χ1n) is 10.6. The van der Waals surface area contributed by atoms with Gasteiger partial charge < -0.3 is 0 Å². The molecule has 0 spiro atoms. The van der Waals surface area contributed by atoms with Crippen LogP contribution in [-0.2, 0) is 31.0 Å². The van der Waals surface area contributed by atoms with Gasteiger partial charge in [0.05, 0.1) is 47.6 Å². The minimum absolute atomic E-state index is 0.00892. The molecule has 11 nitrogen and oxygen atoms in total. The molecular formula is C21H22FN7O4S. The van der Waals surface area contributed by atoms with Crippen LogP contribution in [-0.4, -0.2) is 49.7 Å². The van der Waals surface area contributed by atoms with Crippen molar-refractivity contribution in [3.63, 3.8) is 0 Å². The van der Waals surface area contributed by atoms with E-state index in [-0.39, 0.29) is 24.2 Å². The van der Waals surface area contributed by atoms with Crippen LogP contribution in [0.4, 0.5) is 10.1 Å². The predicted octanol–water partition coefficient (Wildman–Crippen LogP) is 0.551. The first-order valence-corrected chi connectivity index (χ1v) is 11.7. The molecule has 0 amide bonds. The third-order valence-corrected chi connectivity index (χ3v) is 7.12. The van der Waals surface area contributed by atoms with Crippen molar-refractivity contribution in [2.75, 3.05) is 11.0 Å². The van der Waals surface area contributed by atoms with Gasteiger partial charge >= 0.3 is 5.69 Å². The van der Waals surface area contributed by atoms with Gasteiger partial charge in [0.15, 0.2) is 0 Å². The summed E-state index contributed by atoms with van der Waals surface area (Å²) in [5.41, 5.74) is -0.290. The van der Waals surface area contributed by atoms with Crippen molar-refractivity contribution < 1.29 is 12.8 Å². The Morgan fingerprint density at radius 1 is 1.15 bits per heavy atom. The number of aromatic amines is 1. The number of hydrogen-bond acceptors (Lipinski definition) is 6. The quantitative estimate of drug-likeness (QED) is 0.350. The number of thiol groups is 1. The lowest BCUT2D eigenvalue weighted by Crippen LogP contribution is -2.41. The van der Waals surface area contributed by atoms with Gasteiger partial charge in [-0.2, -0.15) is 10.2 Å². The molecule has 5 rings (SSSR count). The van der Waals surface area contributed by atoms with Crippen LogP contribution < -0.4 is 15.6 Å². The number of hydrogen-bond donors (Lipinski definition) is 2. The summed E-state index contributed by atoms with van der Waals surface area (Å²) in [5, 5.41) is 10.8. The van der Waals surface area contributed by atoms with E-state index in [1.165, 1.54) is 22.8 Å². The molecular weight excluding hydrogens is 465 g/mol. The number of aromatic nitrogens is 6. The van der Waals surface area contributed by atoms with Crippen LogP contribution in [0.3, 0.4) is 0 Å². The molecule has 1 aliphatic carbocycles.